The predicted octanol–water partition coefficient (Wildman–Crippen LogP) is 2.95. The maximum Gasteiger partial charge on any atom is 0.439 e. The Hall–Kier alpha value is -2.56. The Bertz CT molecular complexity index is 832. The van der Waals surface area contributed by atoms with Crippen LogP contribution in [-0.2, 0) is 6.54 Å². The summed E-state index contributed by atoms with van der Waals surface area (Å²) in [6.45, 7) is 4.99. The Morgan fingerprint density at radius 3 is 2.95 bits per heavy atom. The van der Waals surface area contributed by atoms with E-state index in [0.717, 1.165) is 23.0 Å². The summed E-state index contributed by atoms with van der Waals surface area (Å²) in [7, 11) is 0. The minimum atomic E-state index is -0.542. The van der Waals surface area contributed by atoms with Gasteiger partial charge in [0.1, 0.15) is 0 Å². The number of rotatable bonds is 3. The van der Waals surface area contributed by atoms with E-state index in [0.29, 0.717) is 5.82 Å². The zero-order chi connectivity index (χ0) is 14.1. The van der Waals surface area contributed by atoms with Crippen molar-refractivity contribution in [2.24, 2.45) is 0 Å². The van der Waals surface area contributed by atoms with E-state index in [1.807, 2.05) is 18.2 Å². The summed E-state index contributed by atoms with van der Waals surface area (Å²) in [6, 6.07) is 8.00. The molecule has 0 atom stereocenters. The van der Waals surface area contributed by atoms with E-state index in [1.165, 1.54) is 5.57 Å². The van der Waals surface area contributed by atoms with E-state index >= 15 is 0 Å². The van der Waals surface area contributed by atoms with E-state index in [2.05, 4.69) is 51.4 Å². The van der Waals surface area contributed by atoms with E-state index in [4.69, 9.17) is 0 Å². The number of aromatic amines is 1. The Labute approximate surface area is 115 Å². The molecular formula is C15H15N3O2. The molecule has 0 saturated heterocycles. The van der Waals surface area contributed by atoms with Gasteiger partial charge in [0.25, 0.3) is 0 Å². The van der Waals surface area contributed by atoms with Gasteiger partial charge in [-0.25, -0.2) is 4.79 Å². The normalized spacial score (nSPS) is 10.9. The fourth-order valence-electron chi connectivity index (χ4n) is 2.13. The minimum absolute atomic E-state index is 0.451. The molecule has 3 rings (SSSR count). The summed E-state index contributed by atoms with van der Waals surface area (Å²) in [5.74, 6) is -0.0908. The first kappa shape index (κ1) is 12.5. The monoisotopic (exact) mass is 269 g/mol. The Balaban J connectivity index is 2.07. The first-order valence-corrected chi connectivity index (χ1v) is 6.42. The standard InChI is InChI=1S/C15H15N3O2/c1-10(2)5-7-18-8-6-11-3-4-12(9-13(11)18)14-16-15(19)20-17-14/h3-6,8-9H,7H2,1-2H3,(H,16,17,19). The number of nitrogens with one attached hydrogen (secondary N) is 1. The number of aromatic nitrogens is 3. The molecule has 2 heterocycles. The van der Waals surface area contributed by atoms with Crippen LogP contribution in [0.15, 0.2) is 51.4 Å². The van der Waals surface area contributed by atoms with Crippen LogP contribution in [0.2, 0.25) is 0 Å². The van der Waals surface area contributed by atoms with Crippen molar-refractivity contribution in [2.45, 2.75) is 20.4 Å². The van der Waals surface area contributed by atoms with Gasteiger partial charge in [-0.15, -0.1) is 0 Å². The van der Waals surface area contributed by atoms with Gasteiger partial charge in [0, 0.05) is 23.8 Å². The van der Waals surface area contributed by atoms with Crippen molar-refractivity contribution < 1.29 is 4.52 Å². The number of hydrogen-bond donors (Lipinski definition) is 1. The second kappa shape index (κ2) is 4.85. The molecule has 3 aromatic rings. The summed E-state index contributed by atoms with van der Waals surface area (Å²) in [5, 5.41) is 4.87. The third-order valence-electron chi connectivity index (χ3n) is 3.18. The fraction of sp³-hybridized carbons (Fsp3) is 0.200. The van der Waals surface area contributed by atoms with Crippen LogP contribution in [0.25, 0.3) is 22.3 Å². The van der Waals surface area contributed by atoms with Crippen molar-refractivity contribution in [2.75, 3.05) is 0 Å². The molecule has 0 bridgehead atoms. The average molecular weight is 269 g/mol. The van der Waals surface area contributed by atoms with Gasteiger partial charge in [0.05, 0.1) is 0 Å². The highest BCUT2D eigenvalue weighted by Crippen LogP contribution is 2.22. The van der Waals surface area contributed by atoms with Crippen molar-refractivity contribution in [1.82, 2.24) is 14.7 Å². The number of H-pyrrole nitrogens is 1. The lowest BCUT2D eigenvalue weighted by Gasteiger charge is -2.03. The Morgan fingerprint density at radius 1 is 1.40 bits per heavy atom. The molecule has 0 spiro atoms. The number of fused-ring (bicyclic) bond motifs is 1. The van der Waals surface area contributed by atoms with Crippen LogP contribution in [0.1, 0.15) is 13.8 Å². The van der Waals surface area contributed by atoms with Crippen molar-refractivity contribution in [3.05, 3.63) is 52.7 Å². The highest BCUT2D eigenvalue weighted by atomic mass is 16.5. The van der Waals surface area contributed by atoms with Crippen LogP contribution in [0.5, 0.6) is 0 Å². The number of benzene rings is 1. The summed E-state index contributed by atoms with van der Waals surface area (Å²) in [6.07, 6.45) is 4.23. The SMILES string of the molecule is CC(C)=CCn1ccc2ccc(-c3noc(=O)[nH]3)cc21. The van der Waals surface area contributed by atoms with Crippen LogP contribution in [0.3, 0.4) is 0 Å². The molecule has 0 radical (unpaired) electrons. The summed E-state index contributed by atoms with van der Waals surface area (Å²) in [5.41, 5.74) is 3.22. The van der Waals surface area contributed by atoms with Crippen LogP contribution >= 0.6 is 0 Å². The van der Waals surface area contributed by atoms with Crippen molar-refractivity contribution in [3.8, 4) is 11.4 Å². The first-order valence-electron chi connectivity index (χ1n) is 6.42. The highest BCUT2D eigenvalue weighted by molar-refractivity contribution is 5.84. The average Bonchev–Trinajstić information content (AvgIpc) is 3.02. The maximum atomic E-state index is 11.0. The third-order valence-corrected chi connectivity index (χ3v) is 3.18. The molecule has 0 aliphatic heterocycles. The smallest absolute Gasteiger partial charge is 0.344 e. The van der Waals surface area contributed by atoms with Crippen molar-refractivity contribution in [1.29, 1.82) is 0 Å². The van der Waals surface area contributed by atoms with Gasteiger partial charge in [-0.05, 0) is 31.4 Å². The molecule has 1 N–H and O–H groups in total. The zero-order valence-electron chi connectivity index (χ0n) is 11.4. The first-order chi connectivity index (χ1) is 9.63. The topological polar surface area (TPSA) is 63.8 Å². The lowest BCUT2D eigenvalue weighted by Crippen LogP contribution is -1.95. The van der Waals surface area contributed by atoms with Gasteiger partial charge >= 0.3 is 5.76 Å². The number of nitrogens with zero attached hydrogens (tertiary/aromatic N) is 2. The molecule has 102 valence electrons. The molecule has 0 aliphatic rings. The fourth-order valence-corrected chi connectivity index (χ4v) is 2.13. The van der Waals surface area contributed by atoms with E-state index in [9.17, 15) is 4.79 Å². The van der Waals surface area contributed by atoms with Gasteiger partial charge in [0.15, 0.2) is 5.82 Å². The summed E-state index contributed by atoms with van der Waals surface area (Å²) < 4.78 is 6.70. The lowest BCUT2D eigenvalue weighted by atomic mass is 10.1. The Kier molecular flexibility index (Phi) is 3.02. The molecule has 2 aromatic heterocycles. The van der Waals surface area contributed by atoms with Gasteiger partial charge in [-0.2, -0.15) is 0 Å². The molecule has 5 heteroatoms. The molecular weight excluding hydrogens is 254 g/mol. The van der Waals surface area contributed by atoms with Crippen LogP contribution < -0.4 is 5.76 Å². The second-order valence-electron chi connectivity index (χ2n) is 4.97. The second-order valence-corrected chi connectivity index (χ2v) is 4.97. The summed E-state index contributed by atoms with van der Waals surface area (Å²) >= 11 is 0. The number of hydrogen-bond acceptors (Lipinski definition) is 3. The molecule has 1 aromatic carbocycles. The third kappa shape index (κ3) is 2.30. The highest BCUT2D eigenvalue weighted by Gasteiger charge is 2.07. The molecule has 0 unspecified atom stereocenters. The number of allylic oxidation sites excluding steroid dienone is 2. The molecule has 0 aliphatic carbocycles. The van der Waals surface area contributed by atoms with Gasteiger partial charge in [0.2, 0.25) is 0 Å². The van der Waals surface area contributed by atoms with E-state index < -0.39 is 5.76 Å². The Morgan fingerprint density at radius 2 is 2.25 bits per heavy atom. The van der Waals surface area contributed by atoms with Gasteiger partial charge < -0.3 is 4.57 Å². The van der Waals surface area contributed by atoms with Gasteiger partial charge in [-0.1, -0.05) is 28.9 Å². The zero-order valence-corrected chi connectivity index (χ0v) is 11.4. The van der Waals surface area contributed by atoms with Crippen molar-refractivity contribution >= 4 is 10.9 Å². The van der Waals surface area contributed by atoms with Crippen LogP contribution in [0, 0.1) is 0 Å². The lowest BCUT2D eigenvalue weighted by molar-refractivity contribution is 0.388. The summed E-state index contributed by atoms with van der Waals surface area (Å²) in [4.78, 5) is 13.6. The largest absolute Gasteiger partial charge is 0.439 e. The molecule has 0 amide bonds. The van der Waals surface area contributed by atoms with Crippen LogP contribution in [0.4, 0.5) is 0 Å². The molecule has 0 fully saturated rings. The predicted molar refractivity (Wildman–Crippen MR) is 77.5 cm³/mol. The van der Waals surface area contributed by atoms with E-state index in [1.54, 1.807) is 0 Å². The van der Waals surface area contributed by atoms with E-state index in [-0.39, 0.29) is 0 Å². The molecule has 20 heavy (non-hydrogen) atoms. The minimum Gasteiger partial charge on any atom is -0.344 e. The maximum absolute atomic E-state index is 11.0. The quantitative estimate of drug-likeness (QED) is 0.743. The molecule has 5 nitrogen and oxygen atoms in total. The van der Waals surface area contributed by atoms with Gasteiger partial charge in [-0.3, -0.25) is 9.51 Å². The van der Waals surface area contributed by atoms with Crippen molar-refractivity contribution in [3.63, 3.8) is 0 Å². The molecule has 0 saturated carbocycles. The van der Waals surface area contributed by atoms with Crippen LogP contribution in [-0.4, -0.2) is 14.7 Å².